The predicted octanol–water partition coefficient (Wildman–Crippen LogP) is 0.237. The fraction of sp³-hybridized carbons (Fsp3) is 0.417. The van der Waals surface area contributed by atoms with Crippen LogP contribution >= 0.6 is 0 Å². The van der Waals surface area contributed by atoms with Gasteiger partial charge in [-0.05, 0) is 25.0 Å². The Bertz CT molecular complexity index is 508. The van der Waals surface area contributed by atoms with Crippen LogP contribution in [0.2, 0.25) is 0 Å². The maximum Gasteiger partial charge on any atom is 0.222 e. The summed E-state index contributed by atoms with van der Waals surface area (Å²) in [5.74, 6) is 0.242. The first-order chi connectivity index (χ1) is 8.61. The number of pyridine rings is 1. The largest absolute Gasteiger partial charge is 0.396 e. The molecule has 0 radical (unpaired) electrons. The monoisotopic (exact) mass is 245 g/mol. The van der Waals surface area contributed by atoms with Gasteiger partial charge < -0.3 is 16.4 Å². The van der Waals surface area contributed by atoms with Crippen molar-refractivity contribution in [2.45, 2.75) is 12.8 Å². The van der Waals surface area contributed by atoms with E-state index in [1.165, 1.54) is 0 Å². The van der Waals surface area contributed by atoms with Crippen LogP contribution in [-0.2, 0) is 4.79 Å². The van der Waals surface area contributed by atoms with Gasteiger partial charge in [0.2, 0.25) is 5.91 Å². The fourth-order valence-corrected chi connectivity index (χ4v) is 2.14. The van der Waals surface area contributed by atoms with Crippen LogP contribution in [0.5, 0.6) is 0 Å². The molecule has 0 spiro atoms. The lowest BCUT2D eigenvalue weighted by atomic mass is 9.97. The molecule has 2 rings (SSSR count). The van der Waals surface area contributed by atoms with Gasteiger partial charge in [-0.2, -0.15) is 5.26 Å². The smallest absolute Gasteiger partial charge is 0.222 e. The highest BCUT2D eigenvalue weighted by Gasteiger charge is 2.24. The number of carbonyl (C=O) groups excluding carboxylic acids is 1. The summed E-state index contributed by atoms with van der Waals surface area (Å²) in [6.07, 6.45) is 1.70. The third-order valence-electron chi connectivity index (χ3n) is 3.17. The van der Waals surface area contributed by atoms with E-state index in [0.717, 1.165) is 19.4 Å². The van der Waals surface area contributed by atoms with Crippen molar-refractivity contribution in [3.8, 4) is 6.07 Å². The second kappa shape index (κ2) is 4.92. The van der Waals surface area contributed by atoms with Crippen molar-refractivity contribution in [2.24, 2.45) is 11.7 Å². The van der Waals surface area contributed by atoms with E-state index < -0.39 is 0 Å². The van der Waals surface area contributed by atoms with Crippen molar-refractivity contribution in [3.05, 3.63) is 17.8 Å². The molecule has 0 saturated carbocycles. The van der Waals surface area contributed by atoms with E-state index in [0.29, 0.717) is 18.1 Å². The van der Waals surface area contributed by atoms with Crippen LogP contribution in [0.1, 0.15) is 18.5 Å². The summed E-state index contributed by atoms with van der Waals surface area (Å²) in [7, 11) is 0. The zero-order chi connectivity index (χ0) is 13.1. The van der Waals surface area contributed by atoms with Crippen LogP contribution < -0.4 is 16.4 Å². The number of nitrogens with zero attached hydrogens (tertiary/aromatic N) is 3. The van der Waals surface area contributed by atoms with E-state index >= 15 is 0 Å². The number of amides is 1. The van der Waals surface area contributed by atoms with Crippen molar-refractivity contribution in [3.63, 3.8) is 0 Å². The molecule has 4 N–H and O–H groups in total. The van der Waals surface area contributed by atoms with Crippen LogP contribution in [0.4, 0.5) is 11.5 Å². The average Bonchev–Trinajstić information content (AvgIpc) is 2.39. The molecule has 1 fully saturated rings. The number of rotatable bonds is 2. The highest BCUT2D eigenvalue weighted by Crippen LogP contribution is 2.23. The molecule has 0 aliphatic carbocycles. The molecule has 0 bridgehead atoms. The Balaban J connectivity index is 2.21. The number of primary amides is 1. The Kier molecular flexibility index (Phi) is 3.33. The molecule has 1 saturated heterocycles. The number of aromatic nitrogens is 1. The van der Waals surface area contributed by atoms with E-state index in [4.69, 9.17) is 16.7 Å². The zero-order valence-corrected chi connectivity index (χ0v) is 9.97. The molecule has 1 aliphatic rings. The number of hydrogen-bond donors (Lipinski definition) is 2. The second-order valence-corrected chi connectivity index (χ2v) is 4.41. The number of carbonyl (C=O) groups is 1. The SMILES string of the molecule is N#Cc1nc(N2CCCC(C(N)=O)C2)ccc1N. The minimum atomic E-state index is -0.282. The number of nitrogens with two attached hydrogens (primary N) is 2. The third-order valence-corrected chi connectivity index (χ3v) is 3.17. The summed E-state index contributed by atoms with van der Waals surface area (Å²) in [4.78, 5) is 17.4. The fourth-order valence-electron chi connectivity index (χ4n) is 2.14. The lowest BCUT2D eigenvalue weighted by molar-refractivity contribution is -0.122. The van der Waals surface area contributed by atoms with E-state index in [2.05, 4.69) is 4.98 Å². The molecule has 94 valence electrons. The highest BCUT2D eigenvalue weighted by atomic mass is 16.1. The zero-order valence-electron chi connectivity index (χ0n) is 9.97. The van der Waals surface area contributed by atoms with Crippen molar-refractivity contribution >= 4 is 17.4 Å². The van der Waals surface area contributed by atoms with Gasteiger partial charge in [-0.3, -0.25) is 4.79 Å². The average molecular weight is 245 g/mol. The van der Waals surface area contributed by atoms with Crippen molar-refractivity contribution in [1.29, 1.82) is 5.26 Å². The van der Waals surface area contributed by atoms with Gasteiger partial charge >= 0.3 is 0 Å². The van der Waals surface area contributed by atoms with E-state index in [1.54, 1.807) is 12.1 Å². The van der Waals surface area contributed by atoms with E-state index in [-0.39, 0.29) is 17.5 Å². The molecule has 1 unspecified atom stereocenters. The second-order valence-electron chi connectivity index (χ2n) is 4.41. The van der Waals surface area contributed by atoms with Crippen molar-refractivity contribution in [1.82, 2.24) is 4.98 Å². The van der Waals surface area contributed by atoms with Crippen LogP contribution in [0, 0.1) is 17.2 Å². The number of piperidine rings is 1. The molecule has 1 atom stereocenters. The quantitative estimate of drug-likeness (QED) is 0.775. The van der Waals surface area contributed by atoms with Crippen molar-refractivity contribution in [2.75, 3.05) is 23.7 Å². The van der Waals surface area contributed by atoms with Gasteiger partial charge in [0, 0.05) is 13.1 Å². The molecule has 1 amide bonds. The van der Waals surface area contributed by atoms with Gasteiger partial charge in [-0.25, -0.2) is 4.98 Å². The van der Waals surface area contributed by atoms with Crippen LogP contribution in [0.3, 0.4) is 0 Å². The lowest BCUT2D eigenvalue weighted by Gasteiger charge is -2.32. The summed E-state index contributed by atoms with van der Waals surface area (Å²) in [5, 5.41) is 8.90. The Labute approximate surface area is 105 Å². The first-order valence-corrected chi connectivity index (χ1v) is 5.82. The Morgan fingerprint density at radius 1 is 1.56 bits per heavy atom. The molecule has 6 heteroatoms. The molecular formula is C12H15N5O. The van der Waals surface area contributed by atoms with Crippen LogP contribution in [0.25, 0.3) is 0 Å². The molecular weight excluding hydrogens is 230 g/mol. The Morgan fingerprint density at radius 3 is 3.00 bits per heavy atom. The van der Waals surface area contributed by atoms with Gasteiger partial charge in [-0.15, -0.1) is 0 Å². The van der Waals surface area contributed by atoms with Gasteiger partial charge in [-0.1, -0.05) is 0 Å². The number of hydrogen-bond acceptors (Lipinski definition) is 5. The van der Waals surface area contributed by atoms with Crippen LogP contribution in [0.15, 0.2) is 12.1 Å². The lowest BCUT2D eigenvalue weighted by Crippen LogP contribution is -2.41. The predicted molar refractivity (Wildman–Crippen MR) is 67.5 cm³/mol. The molecule has 6 nitrogen and oxygen atoms in total. The minimum absolute atomic E-state index is 0.149. The van der Waals surface area contributed by atoms with Crippen molar-refractivity contribution < 1.29 is 4.79 Å². The summed E-state index contributed by atoms with van der Waals surface area (Å²) in [5.41, 5.74) is 11.5. The topological polar surface area (TPSA) is 109 Å². The van der Waals surface area contributed by atoms with E-state index in [9.17, 15) is 4.79 Å². The molecule has 1 aromatic heterocycles. The molecule has 0 aromatic carbocycles. The minimum Gasteiger partial charge on any atom is -0.396 e. The van der Waals surface area contributed by atoms with Gasteiger partial charge in [0.05, 0.1) is 11.6 Å². The maximum absolute atomic E-state index is 11.2. The highest BCUT2D eigenvalue weighted by molar-refractivity contribution is 5.77. The first-order valence-electron chi connectivity index (χ1n) is 5.82. The molecule has 1 aromatic rings. The first kappa shape index (κ1) is 12.2. The Morgan fingerprint density at radius 2 is 2.33 bits per heavy atom. The summed E-state index contributed by atoms with van der Waals surface area (Å²) >= 11 is 0. The maximum atomic E-state index is 11.2. The normalized spacial score (nSPS) is 19.3. The summed E-state index contributed by atoms with van der Waals surface area (Å²) < 4.78 is 0. The van der Waals surface area contributed by atoms with Crippen LogP contribution in [-0.4, -0.2) is 24.0 Å². The molecule has 18 heavy (non-hydrogen) atoms. The summed E-state index contributed by atoms with van der Waals surface area (Å²) in [6, 6.07) is 5.38. The number of nitrogen functional groups attached to an aromatic ring is 1. The standard InChI is InChI=1S/C12H15N5O/c13-6-10-9(14)3-4-11(16-10)17-5-1-2-8(7-17)12(15)18/h3-4,8H,1-2,5,7,14H2,(H2,15,18). The van der Waals surface area contributed by atoms with E-state index in [1.807, 2.05) is 11.0 Å². The third kappa shape index (κ3) is 2.35. The molecule has 2 heterocycles. The Hall–Kier alpha value is -2.29. The summed E-state index contributed by atoms with van der Waals surface area (Å²) in [6.45, 7) is 1.36. The number of anilines is 2. The van der Waals surface area contributed by atoms with Gasteiger partial charge in [0.1, 0.15) is 11.9 Å². The van der Waals surface area contributed by atoms with Gasteiger partial charge in [0.25, 0.3) is 0 Å². The number of nitriles is 1. The van der Waals surface area contributed by atoms with Gasteiger partial charge in [0.15, 0.2) is 5.69 Å². The molecule has 1 aliphatic heterocycles.